The van der Waals surface area contributed by atoms with Crippen LogP contribution < -0.4 is 0 Å². The molecule has 0 aliphatic heterocycles. The minimum Gasteiger partial charge on any atom is -0.0625 e. The van der Waals surface area contributed by atoms with E-state index in [0.29, 0.717) is 0 Å². The van der Waals surface area contributed by atoms with Gasteiger partial charge in [-0.05, 0) is 42.9 Å². The fourth-order valence-electron chi connectivity index (χ4n) is 3.70. The number of hydrogen-bond donors (Lipinski definition) is 0. The highest BCUT2D eigenvalue weighted by Gasteiger charge is 2.34. The van der Waals surface area contributed by atoms with Crippen molar-refractivity contribution in [1.29, 1.82) is 0 Å². The summed E-state index contributed by atoms with van der Waals surface area (Å²) in [7, 11) is 0. The third kappa shape index (κ3) is 1.53. The van der Waals surface area contributed by atoms with Gasteiger partial charge in [0.2, 0.25) is 0 Å². The van der Waals surface area contributed by atoms with E-state index in [1.807, 2.05) is 0 Å². The van der Waals surface area contributed by atoms with Gasteiger partial charge in [-0.2, -0.15) is 0 Å². The summed E-state index contributed by atoms with van der Waals surface area (Å²) in [6.45, 7) is 4.93. The van der Waals surface area contributed by atoms with Crippen LogP contribution in [-0.4, -0.2) is 0 Å². The summed E-state index contributed by atoms with van der Waals surface area (Å²) >= 11 is 0. The van der Waals surface area contributed by atoms with Gasteiger partial charge in [0.25, 0.3) is 0 Å². The molecule has 0 heterocycles. The Bertz CT molecular complexity index is 150. The molecule has 12 heavy (non-hydrogen) atoms. The average molecular weight is 166 g/mol. The number of rotatable bonds is 0. The summed E-state index contributed by atoms with van der Waals surface area (Å²) in [6.07, 6.45) is 9.15. The van der Waals surface area contributed by atoms with Crippen LogP contribution in [-0.2, 0) is 0 Å². The van der Waals surface area contributed by atoms with Crippen molar-refractivity contribution in [2.75, 3.05) is 0 Å². The smallest absolute Gasteiger partial charge is 0.0360 e. The quantitative estimate of drug-likeness (QED) is 0.512. The normalized spacial score (nSPS) is 48.5. The summed E-state index contributed by atoms with van der Waals surface area (Å²) in [4.78, 5) is 0. The Morgan fingerprint density at radius 2 is 1.67 bits per heavy atom. The van der Waals surface area contributed by atoms with E-state index in [-0.39, 0.29) is 0 Å². The lowest BCUT2D eigenvalue weighted by Gasteiger charge is -2.42. The van der Waals surface area contributed by atoms with E-state index in [2.05, 4.69) is 13.8 Å². The Morgan fingerprint density at radius 3 is 2.50 bits per heavy atom. The van der Waals surface area contributed by atoms with Crippen LogP contribution >= 0.6 is 0 Å². The van der Waals surface area contributed by atoms with Gasteiger partial charge in [0.15, 0.2) is 0 Å². The molecule has 2 fully saturated rings. The Hall–Kier alpha value is 0. The first-order valence-corrected chi connectivity index (χ1v) is 5.77. The molecular formula is C12H22. The second-order valence-electron chi connectivity index (χ2n) is 5.26. The highest BCUT2D eigenvalue weighted by Crippen LogP contribution is 2.45. The van der Waals surface area contributed by atoms with Crippen molar-refractivity contribution in [3.8, 4) is 0 Å². The van der Waals surface area contributed by atoms with Gasteiger partial charge in [-0.15, -0.1) is 0 Å². The van der Waals surface area contributed by atoms with Gasteiger partial charge in [0.05, 0.1) is 0 Å². The van der Waals surface area contributed by atoms with Crippen molar-refractivity contribution in [2.24, 2.45) is 23.7 Å². The number of fused-ring (bicyclic) bond motifs is 1. The van der Waals surface area contributed by atoms with Gasteiger partial charge in [0, 0.05) is 0 Å². The molecule has 0 radical (unpaired) electrons. The molecule has 0 heteroatoms. The zero-order valence-corrected chi connectivity index (χ0v) is 8.55. The van der Waals surface area contributed by atoms with Crippen molar-refractivity contribution in [3.05, 3.63) is 0 Å². The third-order valence-electron chi connectivity index (χ3n) is 4.18. The van der Waals surface area contributed by atoms with Crippen molar-refractivity contribution in [3.63, 3.8) is 0 Å². The molecule has 0 amide bonds. The molecule has 4 atom stereocenters. The first kappa shape index (κ1) is 8.59. The molecule has 0 aromatic heterocycles. The van der Waals surface area contributed by atoms with E-state index in [1.54, 1.807) is 12.8 Å². The van der Waals surface area contributed by atoms with Crippen molar-refractivity contribution in [1.82, 2.24) is 0 Å². The lowest BCUT2D eigenvalue weighted by Crippen LogP contribution is -2.32. The highest BCUT2D eigenvalue weighted by molar-refractivity contribution is 4.85. The van der Waals surface area contributed by atoms with Crippen LogP contribution in [0.4, 0.5) is 0 Å². The van der Waals surface area contributed by atoms with Crippen LogP contribution in [0.2, 0.25) is 0 Å². The molecule has 70 valence electrons. The second-order valence-corrected chi connectivity index (χ2v) is 5.26. The van der Waals surface area contributed by atoms with Gasteiger partial charge in [0.1, 0.15) is 0 Å². The van der Waals surface area contributed by atoms with Crippen molar-refractivity contribution < 1.29 is 0 Å². The third-order valence-corrected chi connectivity index (χ3v) is 4.18. The Balaban J connectivity index is 2.01. The van der Waals surface area contributed by atoms with Crippen LogP contribution in [0.3, 0.4) is 0 Å². The standard InChI is InChI=1S/C12H22/c1-9-7-10(2)12-6-4-3-5-11(12)8-9/h9-12H,3-8H2,1-2H3/t9-,10+,11+,12?/m0/s1. The first-order chi connectivity index (χ1) is 5.77. The van der Waals surface area contributed by atoms with Crippen LogP contribution in [0.5, 0.6) is 0 Å². The van der Waals surface area contributed by atoms with Gasteiger partial charge in [-0.1, -0.05) is 33.1 Å². The lowest BCUT2D eigenvalue weighted by atomic mass is 9.63. The Labute approximate surface area is 76.7 Å². The minimum absolute atomic E-state index is 1.01. The van der Waals surface area contributed by atoms with E-state index in [0.717, 1.165) is 23.7 Å². The van der Waals surface area contributed by atoms with E-state index >= 15 is 0 Å². The topological polar surface area (TPSA) is 0 Å². The summed E-state index contributed by atoms with van der Waals surface area (Å²) in [5.74, 6) is 4.26. The zero-order chi connectivity index (χ0) is 8.55. The van der Waals surface area contributed by atoms with Gasteiger partial charge < -0.3 is 0 Å². The molecule has 0 N–H and O–H groups in total. The first-order valence-electron chi connectivity index (χ1n) is 5.77. The number of hydrogen-bond acceptors (Lipinski definition) is 0. The fraction of sp³-hybridized carbons (Fsp3) is 1.00. The molecule has 2 aliphatic carbocycles. The summed E-state index contributed by atoms with van der Waals surface area (Å²) < 4.78 is 0. The zero-order valence-electron chi connectivity index (χ0n) is 8.55. The Kier molecular flexibility index (Phi) is 2.43. The lowest BCUT2D eigenvalue weighted by molar-refractivity contribution is 0.0827. The maximum absolute atomic E-state index is 2.48. The summed E-state index contributed by atoms with van der Waals surface area (Å²) in [5, 5.41) is 0. The van der Waals surface area contributed by atoms with E-state index in [4.69, 9.17) is 0 Å². The average Bonchev–Trinajstić information content (AvgIpc) is 2.04. The fourth-order valence-corrected chi connectivity index (χ4v) is 3.70. The van der Waals surface area contributed by atoms with Gasteiger partial charge in [-0.3, -0.25) is 0 Å². The van der Waals surface area contributed by atoms with Crippen LogP contribution in [0.1, 0.15) is 52.4 Å². The summed E-state index contributed by atoms with van der Waals surface area (Å²) in [6, 6.07) is 0. The molecule has 2 saturated carbocycles. The van der Waals surface area contributed by atoms with Crippen LogP contribution in [0.25, 0.3) is 0 Å². The predicted molar refractivity (Wildman–Crippen MR) is 53.0 cm³/mol. The largest absolute Gasteiger partial charge is 0.0625 e. The Morgan fingerprint density at radius 1 is 0.917 bits per heavy atom. The maximum atomic E-state index is 2.48. The monoisotopic (exact) mass is 166 g/mol. The minimum atomic E-state index is 1.01. The molecule has 0 aromatic carbocycles. The van der Waals surface area contributed by atoms with Crippen LogP contribution in [0, 0.1) is 23.7 Å². The molecule has 2 aliphatic rings. The second kappa shape index (κ2) is 3.40. The van der Waals surface area contributed by atoms with Crippen LogP contribution in [0.15, 0.2) is 0 Å². The van der Waals surface area contributed by atoms with Gasteiger partial charge >= 0.3 is 0 Å². The molecule has 2 rings (SSSR count). The van der Waals surface area contributed by atoms with Crippen molar-refractivity contribution >= 4 is 0 Å². The molecule has 0 spiro atoms. The molecule has 0 nitrogen and oxygen atoms in total. The SMILES string of the molecule is C[C@@H]1C[C@H]2CCCCC2[C@H](C)C1. The van der Waals surface area contributed by atoms with E-state index in [9.17, 15) is 0 Å². The highest BCUT2D eigenvalue weighted by atomic mass is 14.4. The molecule has 0 aromatic rings. The molecular weight excluding hydrogens is 144 g/mol. The van der Waals surface area contributed by atoms with E-state index in [1.165, 1.54) is 25.7 Å². The van der Waals surface area contributed by atoms with E-state index < -0.39 is 0 Å². The molecule has 1 unspecified atom stereocenters. The molecule has 0 saturated heterocycles. The molecule has 0 bridgehead atoms. The van der Waals surface area contributed by atoms with Crippen molar-refractivity contribution in [2.45, 2.75) is 52.4 Å². The predicted octanol–water partition coefficient (Wildman–Crippen LogP) is 3.86. The maximum Gasteiger partial charge on any atom is -0.0360 e. The van der Waals surface area contributed by atoms with Gasteiger partial charge in [-0.25, -0.2) is 0 Å². The summed E-state index contributed by atoms with van der Waals surface area (Å²) in [5.41, 5.74) is 0.